The standard InChI is InChI=1S/C19H18BrN5OS/c1-13-3-5-14(6-4-13)11-21-22-17(26)12-27-19-24-23-18(25(19)2)15-7-9-16(20)10-8-15/h3-11H,12H2,1-2H3,(H,22,26)/b21-11+. The number of hydrazone groups is 1. The number of carbonyl (C=O) groups is 1. The lowest BCUT2D eigenvalue weighted by atomic mass is 10.2. The molecule has 2 aromatic carbocycles. The van der Waals surface area contributed by atoms with E-state index in [-0.39, 0.29) is 11.7 Å². The topological polar surface area (TPSA) is 72.2 Å². The highest BCUT2D eigenvalue weighted by Gasteiger charge is 2.12. The molecule has 1 amide bonds. The fourth-order valence-electron chi connectivity index (χ4n) is 2.28. The predicted molar refractivity (Wildman–Crippen MR) is 112 cm³/mol. The number of aromatic nitrogens is 3. The summed E-state index contributed by atoms with van der Waals surface area (Å²) in [5.74, 6) is 0.761. The first-order valence-corrected chi connectivity index (χ1v) is 9.97. The number of thioether (sulfide) groups is 1. The molecule has 0 bridgehead atoms. The molecule has 0 atom stereocenters. The average Bonchev–Trinajstić information content (AvgIpc) is 3.03. The number of benzene rings is 2. The highest BCUT2D eigenvalue weighted by Crippen LogP contribution is 2.23. The Hall–Kier alpha value is -2.45. The van der Waals surface area contributed by atoms with Gasteiger partial charge in [0, 0.05) is 17.1 Å². The Kier molecular flexibility index (Phi) is 6.41. The number of rotatable bonds is 6. The van der Waals surface area contributed by atoms with Gasteiger partial charge >= 0.3 is 0 Å². The summed E-state index contributed by atoms with van der Waals surface area (Å²) in [7, 11) is 1.88. The highest BCUT2D eigenvalue weighted by atomic mass is 79.9. The Morgan fingerprint density at radius 3 is 2.59 bits per heavy atom. The van der Waals surface area contributed by atoms with Crippen LogP contribution in [0.2, 0.25) is 0 Å². The summed E-state index contributed by atoms with van der Waals surface area (Å²) < 4.78 is 2.88. The minimum atomic E-state index is -0.198. The smallest absolute Gasteiger partial charge is 0.250 e. The van der Waals surface area contributed by atoms with Crippen molar-refractivity contribution >= 4 is 39.8 Å². The van der Waals surface area contributed by atoms with Gasteiger partial charge in [-0.25, -0.2) is 5.43 Å². The summed E-state index contributed by atoms with van der Waals surface area (Å²) in [6.07, 6.45) is 1.62. The lowest BCUT2D eigenvalue weighted by molar-refractivity contribution is -0.118. The molecule has 0 aliphatic carbocycles. The van der Waals surface area contributed by atoms with Crippen molar-refractivity contribution in [3.8, 4) is 11.4 Å². The van der Waals surface area contributed by atoms with Gasteiger partial charge in [0.05, 0.1) is 12.0 Å². The summed E-state index contributed by atoms with van der Waals surface area (Å²) in [5, 5.41) is 13.0. The molecule has 0 saturated carbocycles. The number of hydrogen-bond donors (Lipinski definition) is 1. The lowest BCUT2D eigenvalue weighted by Crippen LogP contribution is -2.19. The van der Waals surface area contributed by atoms with Gasteiger partial charge in [-0.2, -0.15) is 5.10 Å². The minimum Gasteiger partial charge on any atom is -0.305 e. The van der Waals surface area contributed by atoms with Crippen LogP contribution in [0.25, 0.3) is 11.4 Å². The average molecular weight is 444 g/mol. The summed E-state index contributed by atoms with van der Waals surface area (Å²) in [6.45, 7) is 2.02. The SMILES string of the molecule is Cc1ccc(/C=N/NC(=O)CSc2nnc(-c3ccc(Br)cc3)n2C)cc1. The number of amides is 1. The molecule has 8 heteroatoms. The molecule has 0 aliphatic heterocycles. The van der Waals surface area contributed by atoms with E-state index in [2.05, 4.69) is 36.7 Å². The summed E-state index contributed by atoms with van der Waals surface area (Å²) >= 11 is 4.73. The molecular weight excluding hydrogens is 426 g/mol. The Balaban J connectivity index is 1.54. The first-order valence-electron chi connectivity index (χ1n) is 8.19. The monoisotopic (exact) mass is 443 g/mol. The fraction of sp³-hybridized carbons (Fsp3) is 0.158. The van der Waals surface area contributed by atoms with Crippen molar-refractivity contribution in [3.63, 3.8) is 0 Å². The maximum Gasteiger partial charge on any atom is 0.250 e. The molecule has 0 spiro atoms. The normalized spacial score (nSPS) is 11.1. The molecule has 1 N–H and O–H groups in total. The number of carbonyl (C=O) groups excluding carboxylic acids is 1. The van der Waals surface area contributed by atoms with E-state index in [9.17, 15) is 4.79 Å². The molecule has 3 rings (SSSR count). The molecule has 1 aromatic heterocycles. The molecule has 0 saturated heterocycles. The molecule has 0 radical (unpaired) electrons. The van der Waals surface area contributed by atoms with Crippen LogP contribution >= 0.6 is 27.7 Å². The number of aryl methyl sites for hydroxylation is 1. The van der Waals surface area contributed by atoms with Gasteiger partial charge in [-0.05, 0) is 24.6 Å². The van der Waals surface area contributed by atoms with Gasteiger partial charge in [0.1, 0.15) is 0 Å². The van der Waals surface area contributed by atoms with Crippen molar-refractivity contribution in [2.45, 2.75) is 12.1 Å². The molecule has 1 heterocycles. The van der Waals surface area contributed by atoms with E-state index < -0.39 is 0 Å². The van der Waals surface area contributed by atoms with E-state index in [0.717, 1.165) is 21.4 Å². The lowest BCUT2D eigenvalue weighted by Gasteiger charge is -2.04. The van der Waals surface area contributed by atoms with Crippen LogP contribution in [0, 0.1) is 6.92 Å². The summed E-state index contributed by atoms with van der Waals surface area (Å²) in [5.41, 5.74) is 5.60. The molecule has 6 nitrogen and oxygen atoms in total. The first kappa shape index (κ1) is 19.3. The van der Waals surface area contributed by atoms with E-state index >= 15 is 0 Å². The third kappa shape index (κ3) is 5.27. The van der Waals surface area contributed by atoms with Crippen LogP contribution in [0.4, 0.5) is 0 Å². The van der Waals surface area contributed by atoms with Crippen molar-refractivity contribution in [3.05, 3.63) is 64.1 Å². The van der Waals surface area contributed by atoms with Crippen molar-refractivity contribution in [2.75, 3.05) is 5.75 Å². The maximum absolute atomic E-state index is 12.0. The van der Waals surface area contributed by atoms with Crippen molar-refractivity contribution < 1.29 is 4.79 Å². The van der Waals surface area contributed by atoms with Crippen LogP contribution in [-0.2, 0) is 11.8 Å². The Labute approximate surface area is 170 Å². The van der Waals surface area contributed by atoms with Crippen LogP contribution in [-0.4, -0.2) is 32.6 Å². The van der Waals surface area contributed by atoms with E-state index in [1.54, 1.807) is 6.21 Å². The zero-order valence-electron chi connectivity index (χ0n) is 14.9. The second-order valence-electron chi connectivity index (χ2n) is 5.86. The fourth-order valence-corrected chi connectivity index (χ4v) is 3.25. The minimum absolute atomic E-state index is 0.198. The Bertz CT molecular complexity index is 951. The van der Waals surface area contributed by atoms with Crippen LogP contribution in [0.1, 0.15) is 11.1 Å². The van der Waals surface area contributed by atoms with Crippen LogP contribution in [0.3, 0.4) is 0 Å². The van der Waals surface area contributed by atoms with Crippen LogP contribution in [0.15, 0.2) is 63.3 Å². The van der Waals surface area contributed by atoms with Gasteiger partial charge in [0.25, 0.3) is 5.91 Å². The summed E-state index contributed by atoms with van der Waals surface area (Å²) in [6, 6.07) is 15.7. The molecule has 0 aliphatic rings. The second-order valence-corrected chi connectivity index (χ2v) is 7.72. The van der Waals surface area contributed by atoms with E-state index in [1.165, 1.54) is 17.3 Å². The van der Waals surface area contributed by atoms with Crippen molar-refractivity contribution in [1.29, 1.82) is 0 Å². The van der Waals surface area contributed by atoms with E-state index in [1.807, 2.05) is 67.1 Å². The number of nitrogens with zero attached hydrogens (tertiary/aromatic N) is 4. The zero-order valence-corrected chi connectivity index (χ0v) is 17.3. The number of hydrogen-bond acceptors (Lipinski definition) is 5. The Morgan fingerprint density at radius 2 is 1.89 bits per heavy atom. The second kappa shape index (κ2) is 8.96. The first-order chi connectivity index (χ1) is 13.0. The third-order valence-electron chi connectivity index (χ3n) is 3.75. The summed E-state index contributed by atoms with van der Waals surface area (Å²) in [4.78, 5) is 12.0. The Morgan fingerprint density at radius 1 is 1.19 bits per heavy atom. The van der Waals surface area contributed by atoms with Crippen molar-refractivity contribution in [2.24, 2.45) is 12.1 Å². The van der Waals surface area contributed by atoms with Gasteiger partial charge in [0.2, 0.25) is 0 Å². The van der Waals surface area contributed by atoms with Gasteiger partial charge < -0.3 is 4.57 Å². The quantitative estimate of drug-likeness (QED) is 0.357. The number of halogens is 1. The van der Waals surface area contributed by atoms with Crippen molar-refractivity contribution in [1.82, 2.24) is 20.2 Å². The number of nitrogens with one attached hydrogen (secondary N) is 1. The van der Waals surface area contributed by atoms with Gasteiger partial charge in [0.15, 0.2) is 11.0 Å². The van der Waals surface area contributed by atoms with Gasteiger partial charge in [-0.3, -0.25) is 4.79 Å². The molecule has 27 heavy (non-hydrogen) atoms. The molecule has 138 valence electrons. The molecular formula is C19H18BrN5OS. The predicted octanol–water partition coefficient (Wildman–Crippen LogP) is 3.80. The van der Waals surface area contributed by atoms with E-state index in [4.69, 9.17) is 0 Å². The van der Waals surface area contributed by atoms with Gasteiger partial charge in [-0.1, -0.05) is 69.7 Å². The van der Waals surface area contributed by atoms with Crippen LogP contribution < -0.4 is 5.43 Å². The highest BCUT2D eigenvalue weighted by molar-refractivity contribution is 9.10. The van der Waals surface area contributed by atoms with Gasteiger partial charge in [-0.15, -0.1) is 10.2 Å². The van der Waals surface area contributed by atoms with E-state index in [0.29, 0.717) is 5.16 Å². The maximum atomic E-state index is 12.0. The largest absolute Gasteiger partial charge is 0.305 e. The third-order valence-corrected chi connectivity index (χ3v) is 5.30. The van der Waals surface area contributed by atoms with Crippen LogP contribution in [0.5, 0.6) is 0 Å². The molecule has 0 fully saturated rings. The molecule has 0 unspecified atom stereocenters. The molecule has 3 aromatic rings. The zero-order chi connectivity index (χ0) is 19.2.